The maximum absolute atomic E-state index is 13.5. The lowest BCUT2D eigenvalue weighted by atomic mass is 9.98. The SMILES string of the molecule is CCCNC(c1cccc(Cl)c1)c1cc(F)c(F)cc1Cl. The average Bonchev–Trinajstić information content (AvgIpc) is 2.44. The first-order valence-electron chi connectivity index (χ1n) is 6.66. The molecule has 1 N–H and O–H groups in total. The maximum Gasteiger partial charge on any atom is 0.160 e. The molecule has 0 aromatic heterocycles. The molecular formula is C16H15Cl2F2N. The van der Waals surface area contributed by atoms with E-state index in [4.69, 9.17) is 23.2 Å². The van der Waals surface area contributed by atoms with Crippen LogP contribution in [0.15, 0.2) is 36.4 Å². The van der Waals surface area contributed by atoms with Gasteiger partial charge < -0.3 is 5.32 Å². The fourth-order valence-corrected chi connectivity index (χ4v) is 2.60. The van der Waals surface area contributed by atoms with E-state index in [1.807, 2.05) is 19.1 Å². The summed E-state index contributed by atoms with van der Waals surface area (Å²) in [4.78, 5) is 0. The standard InChI is InChI=1S/C16H15Cl2F2N/c1-2-6-21-16(10-4-3-5-11(17)7-10)12-8-14(19)15(20)9-13(12)18/h3-5,7-9,16,21H,2,6H2,1H3. The summed E-state index contributed by atoms with van der Waals surface area (Å²) >= 11 is 12.1. The lowest BCUT2D eigenvalue weighted by Crippen LogP contribution is -2.23. The summed E-state index contributed by atoms with van der Waals surface area (Å²) < 4.78 is 26.8. The highest BCUT2D eigenvalue weighted by Crippen LogP contribution is 2.31. The van der Waals surface area contributed by atoms with Gasteiger partial charge in [-0.15, -0.1) is 0 Å². The summed E-state index contributed by atoms with van der Waals surface area (Å²) in [6, 6.07) is 9.01. The predicted molar refractivity (Wildman–Crippen MR) is 83.0 cm³/mol. The molecule has 21 heavy (non-hydrogen) atoms. The summed E-state index contributed by atoms with van der Waals surface area (Å²) in [5.41, 5.74) is 1.34. The van der Waals surface area contributed by atoms with Crippen molar-refractivity contribution in [3.63, 3.8) is 0 Å². The van der Waals surface area contributed by atoms with Crippen LogP contribution >= 0.6 is 23.2 Å². The van der Waals surface area contributed by atoms with E-state index in [-0.39, 0.29) is 11.1 Å². The third-order valence-electron chi connectivity index (χ3n) is 3.13. The Labute approximate surface area is 132 Å². The second-order valence-electron chi connectivity index (χ2n) is 4.73. The van der Waals surface area contributed by atoms with Gasteiger partial charge in [-0.1, -0.05) is 42.3 Å². The smallest absolute Gasteiger partial charge is 0.160 e. The quantitative estimate of drug-likeness (QED) is 0.728. The molecule has 2 rings (SSSR count). The van der Waals surface area contributed by atoms with Gasteiger partial charge in [0, 0.05) is 10.0 Å². The minimum atomic E-state index is -0.955. The van der Waals surface area contributed by atoms with Crippen molar-refractivity contribution in [2.24, 2.45) is 0 Å². The molecule has 0 aliphatic rings. The van der Waals surface area contributed by atoms with Crippen LogP contribution in [0.5, 0.6) is 0 Å². The van der Waals surface area contributed by atoms with E-state index in [1.54, 1.807) is 12.1 Å². The van der Waals surface area contributed by atoms with E-state index in [2.05, 4.69) is 5.32 Å². The molecule has 2 aromatic carbocycles. The Kier molecular flexibility index (Phi) is 5.57. The van der Waals surface area contributed by atoms with Gasteiger partial charge in [-0.05, 0) is 48.4 Å². The van der Waals surface area contributed by atoms with Crippen molar-refractivity contribution in [1.82, 2.24) is 5.32 Å². The van der Waals surface area contributed by atoms with Gasteiger partial charge in [0.2, 0.25) is 0 Å². The van der Waals surface area contributed by atoms with Crippen LogP contribution in [0.2, 0.25) is 10.0 Å². The Hall–Kier alpha value is -1.16. The normalized spacial score (nSPS) is 12.4. The Bertz CT molecular complexity index is 632. The number of rotatable bonds is 5. The van der Waals surface area contributed by atoms with Crippen LogP contribution in [-0.4, -0.2) is 6.54 Å². The van der Waals surface area contributed by atoms with Crippen LogP contribution in [0.1, 0.15) is 30.5 Å². The molecule has 0 fully saturated rings. The van der Waals surface area contributed by atoms with Gasteiger partial charge in [0.05, 0.1) is 6.04 Å². The second kappa shape index (κ2) is 7.21. The summed E-state index contributed by atoms with van der Waals surface area (Å²) in [6.07, 6.45) is 0.901. The van der Waals surface area contributed by atoms with E-state index in [0.717, 1.165) is 24.1 Å². The second-order valence-corrected chi connectivity index (χ2v) is 5.57. The Balaban J connectivity index is 2.47. The van der Waals surface area contributed by atoms with E-state index >= 15 is 0 Å². The molecule has 0 aliphatic heterocycles. The highest BCUT2D eigenvalue weighted by molar-refractivity contribution is 6.31. The van der Waals surface area contributed by atoms with Gasteiger partial charge in [0.25, 0.3) is 0 Å². The highest BCUT2D eigenvalue weighted by Gasteiger charge is 2.19. The molecule has 0 spiro atoms. The Morgan fingerprint density at radius 3 is 2.48 bits per heavy atom. The van der Waals surface area contributed by atoms with Crippen molar-refractivity contribution >= 4 is 23.2 Å². The van der Waals surface area contributed by atoms with Crippen LogP contribution in [-0.2, 0) is 0 Å². The molecular weight excluding hydrogens is 315 g/mol. The maximum atomic E-state index is 13.5. The minimum Gasteiger partial charge on any atom is -0.306 e. The molecule has 5 heteroatoms. The molecule has 2 aromatic rings. The molecule has 0 saturated carbocycles. The lowest BCUT2D eigenvalue weighted by Gasteiger charge is -2.21. The van der Waals surface area contributed by atoms with Crippen molar-refractivity contribution in [1.29, 1.82) is 0 Å². The third kappa shape index (κ3) is 3.94. The first-order chi connectivity index (χ1) is 10.0. The summed E-state index contributed by atoms with van der Waals surface area (Å²) in [5, 5.41) is 4.05. The van der Waals surface area contributed by atoms with Crippen molar-refractivity contribution < 1.29 is 8.78 Å². The molecule has 1 unspecified atom stereocenters. The van der Waals surface area contributed by atoms with Crippen LogP contribution < -0.4 is 5.32 Å². The third-order valence-corrected chi connectivity index (χ3v) is 3.69. The first kappa shape index (κ1) is 16.2. The summed E-state index contributed by atoms with van der Waals surface area (Å²) in [5.74, 6) is -1.87. The van der Waals surface area contributed by atoms with Gasteiger partial charge in [-0.2, -0.15) is 0 Å². The van der Waals surface area contributed by atoms with Gasteiger partial charge in [-0.25, -0.2) is 8.78 Å². The van der Waals surface area contributed by atoms with E-state index < -0.39 is 11.6 Å². The van der Waals surface area contributed by atoms with Crippen LogP contribution in [0.25, 0.3) is 0 Å². The fraction of sp³-hybridized carbons (Fsp3) is 0.250. The van der Waals surface area contributed by atoms with E-state index in [9.17, 15) is 8.78 Å². The topological polar surface area (TPSA) is 12.0 Å². The summed E-state index contributed by atoms with van der Waals surface area (Å²) in [6.45, 7) is 2.74. The minimum absolute atomic E-state index is 0.183. The van der Waals surface area contributed by atoms with E-state index in [0.29, 0.717) is 17.1 Å². The molecule has 0 radical (unpaired) electrons. The lowest BCUT2D eigenvalue weighted by molar-refractivity contribution is 0.503. The number of halogens is 4. The number of benzene rings is 2. The highest BCUT2D eigenvalue weighted by atomic mass is 35.5. The number of hydrogen-bond donors (Lipinski definition) is 1. The molecule has 0 heterocycles. The van der Waals surface area contributed by atoms with Crippen molar-refractivity contribution in [3.8, 4) is 0 Å². The van der Waals surface area contributed by atoms with E-state index in [1.165, 1.54) is 0 Å². The number of hydrogen-bond acceptors (Lipinski definition) is 1. The van der Waals surface area contributed by atoms with Gasteiger partial charge >= 0.3 is 0 Å². The molecule has 0 amide bonds. The zero-order valence-electron chi connectivity index (χ0n) is 11.5. The van der Waals surface area contributed by atoms with Gasteiger partial charge in [0.15, 0.2) is 11.6 Å². The van der Waals surface area contributed by atoms with Crippen molar-refractivity contribution in [3.05, 3.63) is 69.2 Å². The van der Waals surface area contributed by atoms with Crippen LogP contribution in [0, 0.1) is 11.6 Å². The molecule has 0 saturated heterocycles. The van der Waals surface area contributed by atoms with Crippen molar-refractivity contribution in [2.45, 2.75) is 19.4 Å². The molecule has 1 nitrogen and oxygen atoms in total. The Morgan fingerprint density at radius 2 is 1.81 bits per heavy atom. The Morgan fingerprint density at radius 1 is 1.10 bits per heavy atom. The van der Waals surface area contributed by atoms with Gasteiger partial charge in [-0.3, -0.25) is 0 Å². The monoisotopic (exact) mass is 329 g/mol. The predicted octanol–water partition coefficient (Wildman–Crippen LogP) is 5.36. The number of nitrogens with one attached hydrogen (secondary N) is 1. The molecule has 112 valence electrons. The summed E-state index contributed by atoms with van der Waals surface area (Å²) in [7, 11) is 0. The zero-order chi connectivity index (χ0) is 15.4. The van der Waals surface area contributed by atoms with Gasteiger partial charge in [0.1, 0.15) is 0 Å². The zero-order valence-corrected chi connectivity index (χ0v) is 13.0. The van der Waals surface area contributed by atoms with Crippen LogP contribution in [0.4, 0.5) is 8.78 Å². The fourth-order valence-electron chi connectivity index (χ4n) is 2.14. The first-order valence-corrected chi connectivity index (χ1v) is 7.41. The van der Waals surface area contributed by atoms with Crippen LogP contribution in [0.3, 0.4) is 0 Å². The molecule has 1 atom stereocenters. The molecule has 0 bridgehead atoms. The van der Waals surface area contributed by atoms with Crippen molar-refractivity contribution in [2.75, 3.05) is 6.54 Å². The molecule has 0 aliphatic carbocycles. The average molecular weight is 330 g/mol. The largest absolute Gasteiger partial charge is 0.306 e.